The van der Waals surface area contributed by atoms with E-state index in [0.717, 1.165) is 81.2 Å². The molecule has 0 atom stereocenters. The minimum Gasteiger partial charge on any atom is 0 e. The fourth-order valence-corrected chi connectivity index (χ4v) is 13.7. The number of fused-ring (bicyclic) bond motifs is 6. The Morgan fingerprint density at radius 1 is 0.817 bits per heavy atom. The molecule has 2 heterocycles. The van der Waals surface area contributed by atoms with Gasteiger partial charge in [-0.3, -0.25) is 4.79 Å². The van der Waals surface area contributed by atoms with Gasteiger partial charge in [0.05, 0.1) is 0 Å². The number of allylic oxidation sites excluding steroid dienone is 2. The Hall–Kier alpha value is -4.10. The Kier molecular flexibility index (Phi) is 14.5. The number of carbonyl (C=O) groups is 1. The summed E-state index contributed by atoms with van der Waals surface area (Å²) in [7, 11) is 0. The molecule has 0 bridgehead atoms. The normalized spacial score (nSPS) is 12.6. The molecule has 0 aliphatic rings. The molecule has 5 aromatic carbocycles. The van der Waals surface area contributed by atoms with E-state index in [1.165, 1.54) is 33.5 Å². The molecule has 0 aliphatic carbocycles. The molecule has 60 heavy (non-hydrogen) atoms. The second-order valence-electron chi connectivity index (χ2n) is 18.3. The molecule has 0 unspecified atom stereocenters. The van der Waals surface area contributed by atoms with Crippen LogP contribution in [0.25, 0.3) is 66.0 Å². The Balaban J connectivity index is 0.000000324. The molecule has 0 aliphatic heterocycles. The number of aryl methyl sites for hydroxylation is 2. The Morgan fingerprint density at radius 2 is 1.45 bits per heavy atom. The van der Waals surface area contributed by atoms with E-state index in [9.17, 15) is 9.90 Å². The molecule has 0 saturated carbocycles. The number of hydrogen-bond acceptors (Lipinski definition) is 5. The van der Waals surface area contributed by atoms with Crippen LogP contribution >= 0.6 is 0 Å². The second kappa shape index (κ2) is 18.5. The van der Waals surface area contributed by atoms with Crippen LogP contribution in [-0.4, -0.2) is 34.1 Å². The number of rotatable bonds is 11. The maximum Gasteiger partial charge on any atom is 0 e. The Bertz CT molecular complexity index is 2700. The van der Waals surface area contributed by atoms with Crippen LogP contribution in [0.3, 0.4) is 0 Å². The molecule has 7 rings (SSSR count). The van der Waals surface area contributed by atoms with Gasteiger partial charge in [-0.15, -0.1) is 0 Å². The Labute approximate surface area is 374 Å². The van der Waals surface area contributed by atoms with E-state index < -0.39 is 13.3 Å². The van der Waals surface area contributed by atoms with E-state index in [4.69, 9.17) is 14.4 Å². The van der Waals surface area contributed by atoms with Crippen LogP contribution in [0.15, 0.2) is 95.1 Å². The standard InChI is InChI=1S/C38H35GeN2O.C15H28O2.Ir/c1-22(2)38-40-35(30-19-17-27-20-23(3)34(39(5,6)7)24(4)33(27)36(30)41-38)31-15-11-14-29-28-18-16-26(21-32(28)42-37(29)31)25-12-9-8-10-13-25;1-7-14(5,8-2)12(16)11-13(17)15(6,9-3)10-4;/h8-14,16-22H,1-7H3;11,16H,7-10H2,1-6H3;/q-1;;/b;12-11-;. The van der Waals surface area contributed by atoms with E-state index in [-0.39, 0.29) is 48.4 Å². The summed E-state index contributed by atoms with van der Waals surface area (Å²) in [6, 6.07) is 31.3. The first-order valence-corrected chi connectivity index (χ1v) is 28.9. The summed E-state index contributed by atoms with van der Waals surface area (Å²) in [4.78, 5) is 22.6. The van der Waals surface area contributed by atoms with Crippen molar-refractivity contribution in [3.8, 4) is 22.4 Å². The van der Waals surface area contributed by atoms with Crippen LogP contribution in [0.1, 0.15) is 104 Å². The number of carbonyl (C=O) groups excluding carboxylic acids is 1. The van der Waals surface area contributed by atoms with Gasteiger partial charge < -0.3 is 5.11 Å². The minimum absolute atomic E-state index is 0. The average molecular weight is 1040 g/mol. The molecular weight excluding hydrogens is 977 g/mol. The van der Waals surface area contributed by atoms with Gasteiger partial charge in [-0.2, -0.15) is 0 Å². The maximum absolute atomic E-state index is 12.2. The van der Waals surface area contributed by atoms with Crippen LogP contribution in [0.4, 0.5) is 0 Å². The molecule has 7 aromatic rings. The number of ketones is 1. The average Bonchev–Trinajstić information content (AvgIpc) is 3.60. The molecule has 1 N–H and O–H groups in total. The predicted octanol–water partition coefficient (Wildman–Crippen LogP) is 14.7. The number of benzene rings is 5. The van der Waals surface area contributed by atoms with Gasteiger partial charge in [-0.1, -0.05) is 71.9 Å². The number of furan rings is 1. The first-order valence-electron chi connectivity index (χ1n) is 21.5. The first kappa shape index (κ1) is 47.0. The SMILES string of the molecule is CCC(C)(CC)C(=O)/C=C(\O)C(C)(CC)CC.Cc1cc2ccc3c(-c4[c-]ccc5c4oc4cc(-c6ccccc6)ccc45)nc(C(C)C)nc3c2c(C)[c]1[Ge]([CH3])([CH3])[CH3].[Ir]. The molecule has 2 aromatic heterocycles. The largest absolute Gasteiger partial charge is 0 e. The third-order valence-corrected chi connectivity index (χ3v) is 17.8. The number of hydrogen-bond donors (Lipinski definition) is 1. The first-order chi connectivity index (χ1) is 27.9. The van der Waals surface area contributed by atoms with Gasteiger partial charge >= 0.3 is 215 Å². The van der Waals surface area contributed by atoms with Crippen molar-refractivity contribution < 1.29 is 34.4 Å². The molecule has 317 valence electrons. The fraction of sp³-hybridized carbons (Fsp3) is 0.377. The summed E-state index contributed by atoms with van der Waals surface area (Å²) in [5, 5.41) is 15.8. The third-order valence-electron chi connectivity index (χ3n) is 13.1. The summed E-state index contributed by atoms with van der Waals surface area (Å²) >= 11 is -2.15. The van der Waals surface area contributed by atoms with E-state index in [1.54, 1.807) is 4.40 Å². The van der Waals surface area contributed by atoms with Crippen molar-refractivity contribution in [2.24, 2.45) is 10.8 Å². The van der Waals surface area contributed by atoms with Crippen molar-refractivity contribution in [3.63, 3.8) is 0 Å². The van der Waals surface area contributed by atoms with Crippen LogP contribution in [-0.2, 0) is 24.9 Å². The molecule has 0 saturated heterocycles. The zero-order valence-electron chi connectivity index (χ0n) is 38.0. The van der Waals surface area contributed by atoms with Gasteiger partial charge in [-0.05, 0) is 31.2 Å². The maximum atomic E-state index is 12.2. The van der Waals surface area contributed by atoms with Crippen molar-refractivity contribution in [2.75, 3.05) is 0 Å². The summed E-state index contributed by atoms with van der Waals surface area (Å²) < 4.78 is 8.23. The van der Waals surface area contributed by atoms with E-state index >= 15 is 0 Å². The topological polar surface area (TPSA) is 76.2 Å². The predicted molar refractivity (Wildman–Crippen MR) is 254 cm³/mol. The summed E-state index contributed by atoms with van der Waals surface area (Å²) in [5.41, 5.74) is 8.97. The summed E-state index contributed by atoms with van der Waals surface area (Å²) in [6.07, 6.45) is 4.75. The van der Waals surface area contributed by atoms with Gasteiger partial charge in [-0.25, -0.2) is 0 Å². The van der Waals surface area contributed by atoms with Gasteiger partial charge in [0.15, 0.2) is 5.78 Å². The van der Waals surface area contributed by atoms with Crippen molar-refractivity contribution in [3.05, 3.63) is 114 Å². The minimum atomic E-state index is -2.15. The molecule has 7 heteroatoms. The smallest absolute Gasteiger partial charge is 0 e. The van der Waals surface area contributed by atoms with Crippen LogP contribution in [0.2, 0.25) is 17.3 Å². The van der Waals surface area contributed by atoms with Crippen LogP contribution in [0, 0.1) is 30.7 Å². The molecular formula is C53H63GeIrN2O3-. The monoisotopic (exact) mass is 1040 g/mol. The zero-order valence-corrected chi connectivity index (χ0v) is 42.5. The van der Waals surface area contributed by atoms with Gasteiger partial charge in [0, 0.05) is 37.0 Å². The van der Waals surface area contributed by atoms with Crippen molar-refractivity contribution in [1.29, 1.82) is 0 Å². The quantitative estimate of drug-likeness (QED) is 0.0459. The molecule has 0 fully saturated rings. The van der Waals surface area contributed by atoms with Crippen molar-refractivity contribution in [1.82, 2.24) is 9.97 Å². The van der Waals surface area contributed by atoms with Gasteiger partial charge in [0.1, 0.15) is 5.76 Å². The molecule has 0 spiro atoms. The van der Waals surface area contributed by atoms with Crippen LogP contribution in [0.5, 0.6) is 0 Å². The third kappa shape index (κ3) is 8.94. The van der Waals surface area contributed by atoms with E-state index in [1.807, 2.05) is 53.7 Å². The molecule has 0 amide bonds. The van der Waals surface area contributed by atoms with Crippen molar-refractivity contribution in [2.45, 2.75) is 118 Å². The second-order valence-corrected chi connectivity index (χ2v) is 28.8. The number of aliphatic hydroxyl groups excluding tert-OH is 1. The van der Waals surface area contributed by atoms with Gasteiger partial charge in [0.25, 0.3) is 0 Å². The number of nitrogens with zero attached hydrogens (tertiary/aromatic N) is 2. The van der Waals surface area contributed by atoms with Gasteiger partial charge in [0.2, 0.25) is 0 Å². The van der Waals surface area contributed by atoms with E-state index in [2.05, 4.69) is 118 Å². The van der Waals surface area contributed by atoms with Crippen LogP contribution < -0.4 is 4.40 Å². The fourth-order valence-electron chi connectivity index (χ4n) is 8.48. The zero-order chi connectivity index (χ0) is 43.0. The summed E-state index contributed by atoms with van der Waals surface area (Å²) in [5.74, 6) is 8.74. The van der Waals surface area contributed by atoms with Crippen molar-refractivity contribution >= 4 is 67.1 Å². The number of aromatic nitrogens is 2. The van der Waals surface area contributed by atoms with E-state index in [0.29, 0.717) is 0 Å². The molecule has 5 nitrogen and oxygen atoms in total. The molecule has 1 radical (unpaired) electrons. The summed E-state index contributed by atoms with van der Waals surface area (Å²) in [6.45, 7) is 21.0. The Morgan fingerprint density at radius 3 is 2.05 bits per heavy atom. The number of aliphatic hydroxyl groups is 1.